The van der Waals surface area contributed by atoms with Crippen molar-refractivity contribution in [2.75, 3.05) is 46.4 Å². The topological polar surface area (TPSA) is 32.8 Å². The number of hydrogen-bond acceptors (Lipinski definition) is 3. The van der Waals surface area contributed by atoms with E-state index in [4.69, 9.17) is 4.74 Å². The van der Waals surface area contributed by atoms with Crippen LogP contribution in [0.15, 0.2) is 0 Å². The lowest BCUT2D eigenvalue weighted by molar-refractivity contribution is -0.172. The van der Waals surface area contributed by atoms with Gasteiger partial charge in [-0.3, -0.25) is 4.79 Å². The molecule has 3 heterocycles. The first-order valence-corrected chi connectivity index (χ1v) is 5.24. The van der Waals surface area contributed by atoms with Crippen molar-refractivity contribution in [3.8, 4) is 0 Å². The minimum absolute atomic E-state index is 0.171. The van der Waals surface area contributed by atoms with Crippen molar-refractivity contribution in [3.05, 3.63) is 0 Å². The summed E-state index contributed by atoms with van der Waals surface area (Å²) in [5, 5.41) is 0. The Kier molecular flexibility index (Phi) is 1.67. The van der Waals surface area contributed by atoms with Gasteiger partial charge in [-0.05, 0) is 7.05 Å². The van der Waals surface area contributed by atoms with E-state index in [9.17, 15) is 4.79 Å². The molecule has 0 radical (unpaired) electrons. The molecule has 14 heavy (non-hydrogen) atoms. The van der Waals surface area contributed by atoms with Gasteiger partial charge in [0.25, 0.3) is 0 Å². The molecule has 0 atom stereocenters. The Bertz CT molecular complexity index is 261. The maximum absolute atomic E-state index is 11.7. The van der Waals surface area contributed by atoms with Crippen molar-refractivity contribution >= 4 is 5.91 Å². The number of amides is 1. The smallest absolute Gasteiger partial charge is 0.230 e. The molecule has 0 aromatic rings. The van der Waals surface area contributed by atoms with Crippen LogP contribution in [0.2, 0.25) is 0 Å². The second-order valence-corrected chi connectivity index (χ2v) is 5.10. The number of hydrogen-bond donors (Lipinski definition) is 0. The minimum Gasteiger partial charge on any atom is -0.380 e. The van der Waals surface area contributed by atoms with Crippen LogP contribution < -0.4 is 0 Å². The third kappa shape index (κ3) is 1.10. The molecule has 0 aliphatic carbocycles. The van der Waals surface area contributed by atoms with Gasteiger partial charge in [0.15, 0.2) is 0 Å². The molecule has 3 aliphatic rings. The van der Waals surface area contributed by atoms with E-state index >= 15 is 0 Å². The summed E-state index contributed by atoms with van der Waals surface area (Å²) in [6.07, 6.45) is 0. The van der Waals surface area contributed by atoms with Crippen LogP contribution in [0.3, 0.4) is 0 Å². The molecule has 3 fully saturated rings. The van der Waals surface area contributed by atoms with E-state index in [1.807, 2.05) is 4.90 Å². The predicted octanol–water partition coefficient (Wildman–Crippen LogP) is -0.593. The maximum atomic E-state index is 11.7. The standard InChI is InChI=1S/C10H16N2O2/c1-11-4-10(5-11)6-12(7-10)9(13)8-2-14-3-8/h8H,2-7H2,1H3. The summed E-state index contributed by atoms with van der Waals surface area (Å²) in [4.78, 5) is 16.1. The normalized spacial score (nSPS) is 30.8. The van der Waals surface area contributed by atoms with Crippen molar-refractivity contribution in [1.29, 1.82) is 0 Å². The molecule has 0 N–H and O–H groups in total. The fraction of sp³-hybridized carbons (Fsp3) is 0.900. The summed E-state index contributed by atoms with van der Waals surface area (Å²) in [5.41, 5.74) is 0.467. The van der Waals surface area contributed by atoms with E-state index in [0.29, 0.717) is 24.5 Å². The number of carbonyl (C=O) groups is 1. The predicted molar refractivity (Wildman–Crippen MR) is 50.8 cm³/mol. The monoisotopic (exact) mass is 196 g/mol. The fourth-order valence-electron chi connectivity index (χ4n) is 2.85. The van der Waals surface area contributed by atoms with Crippen LogP contribution in [0.1, 0.15) is 0 Å². The van der Waals surface area contributed by atoms with Gasteiger partial charge in [-0.1, -0.05) is 0 Å². The molecule has 0 saturated carbocycles. The van der Waals surface area contributed by atoms with Crippen molar-refractivity contribution < 1.29 is 9.53 Å². The Hall–Kier alpha value is -0.610. The Labute approximate surface area is 83.8 Å². The highest BCUT2D eigenvalue weighted by Gasteiger charge is 2.52. The molecule has 0 aromatic carbocycles. The molecule has 0 unspecified atom stereocenters. The summed E-state index contributed by atoms with van der Waals surface area (Å²) in [5.74, 6) is 0.488. The third-order valence-corrected chi connectivity index (χ3v) is 3.56. The lowest BCUT2D eigenvalue weighted by atomic mass is 9.72. The maximum Gasteiger partial charge on any atom is 0.230 e. The van der Waals surface area contributed by atoms with E-state index < -0.39 is 0 Å². The molecule has 0 bridgehead atoms. The summed E-state index contributed by atoms with van der Waals surface area (Å²) < 4.78 is 5.03. The molecule has 3 aliphatic heterocycles. The molecule has 3 saturated heterocycles. The van der Waals surface area contributed by atoms with Crippen LogP contribution >= 0.6 is 0 Å². The van der Waals surface area contributed by atoms with Crippen LogP contribution in [0.5, 0.6) is 0 Å². The van der Waals surface area contributed by atoms with E-state index in [1.165, 1.54) is 0 Å². The molecule has 0 aromatic heterocycles. The van der Waals surface area contributed by atoms with Crippen molar-refractivity contribution in [3.63, 3.8) is 0 Å². The number of likely N-dealkylation sites (tertiary alicyclic amines) is 2. The van der Waals surface area contributed by atoms with Crippen molar-refractivity contribution in [2.24, 2.45) is 11.3 Å². The second kappa shape index (κ2) is 2.70. The van der Waals surface area contributed by atoms with Gasteiger partial charge in [-0.2, -0.15) is 0 Å². The van der Waals surface area contributed by atoms with Crippen LogP contribution in [0, 0.1) is 11.3 Å². The molecular weight excluding hydrogens is 180 g/mol. The second-order valence-electron chi connectivity index (χ2n) is 5.10. The molecule has 4 nitrogen and oxygen atoms in total. The molecular formula is C10H16N2O2. The molecule has 3 rings (SSSR count). The quantitative estimate of drug-likeness (QED) is 0.562. The van der Waals surface area contributed by atoms with Crippen LogP contribution in [0.25, 0.3) is 0 Å². The summed E-state index contributed by atoms with van der Waals surface area (Å²) >= 11 is 0. The first kappa shape index (κ1) is 8.68. The van der Waals surface area contributed by atoms with Gasteiger partial charge in [0.2, 0.25) is 5.91 Å². The van der Waals surface area contributed by atoms with Gasteiger partial charge in [-0.25, -0.2) is 0 Å². The van der Waals surface area contributed by atoms with Gasteiger partial charge in [0, 0.05) is 31.6 Å². The Morgan fingerprint density at radius 3 is 2.36 bits per heavy atom. The third-order valence-electron chi connectivity index (χ3n) is 3.56. The van der Waals surface area contributed by atoms with Crippen LogP contribution in [-0.4, -0.2) is 62.1 Å². The zero-order valence-electron chi connectivity index (χ0n) is 8.53. The lowest BCUT2D eigenvalue weighted by Crippen LogP contribution is -2.73. The highest BCUT2D eigenvalue weighted by molar-refractivity contribution is 5.80. The van der Waals surface area contributed by atoms with Gasteiger partial charge in [0.05, 0.1) is 19.1 Å². The molecule has 1 spiro atoms. The Morgan fingerprint density at radius 2 is 1.93 bits per heavy atom. The largest absolute Gasteiger partial charge is 0.380 e. The SMILES string of the molecule is CN1CC2(C1)CN(C(=O)C1COC1)C2. The van der Waals surface area contributed by atoms with E-state index in [-0.39, 0.29) is 5.92 Å². The van der Waals surface area contributed by atoms with Gasteiger partial charge in [0.1, 0.15) is 0 Å². The van der Waals surface area contributed by atoms with Gasteiger partial charge < -0.3 is 14.5 Å². The van der Waals surface area contributed by atoms with Gasteiger partial charge in [-0.15, -0.1) is 0 Å². The zero-order chi connectivity index (χ0) is 9.76. The van der Waals surface area contributed by atoms with Gasteiger partial charge >= 0.3 is 0 Å². The van der Waals surface area contributed by atoms with Crippen molar-refractivity contribution in [1.82, 2.24) is 9.80 Å². The number of nitrogens with zero attached hydrogens (tertiary/aromatic N) is 2. The first-order valence-electron chi connectivity index (χ1n) is 5.24. The van der Waals surface area contributed by atoms with E-state index in [0.717, 1.165) is 26.2 Å². The van der Waals surface area contributed by atoms with E-state index in [1.54, 1.807) is 0 Å². The minimum atomic E-state index is 0.171. The summed E-state index contributed by atoms with van der Waals surface area (Å²) in [7, 11) is 2.13. The first-order chi connectivity index (χ1) is 6.69. The lowest BCUT2D eigenvalue weighted by Gasteiger charge is -2.60. The zero-order valence-corrected chi connectivity index (χ0v) is 8.53. The fourth-order valence-corrected chi connectivity index (χ4v) is 2.85. The van der Waals surface area contributed by atoms with Crippen LogP contribution in [0.4, 0.5) is 0 Å². The summed E-state index contributed by atoms with van der Waals surface area (Å²) in [6.45, 7) is 5.57. The average molecular weight is 196 g/mol. The summed E-state index contributed by atoms with van der Waals surface area (Å²) in [6, 6.07) is 0. The number of rotatable bonds is 1. The number of ether oxygens (including phenoxy) is 1. The molecule has 78 valence electrons. The van der Waals surface area contributed by atoms with Crippen LogP contribution in [-0.2, 0) is 9.53 Å². The number of carbonyl (C=O) groups excluding carboxylic acids is 1. The Morgan fingerprint density at radius 1 is 1.29 bits per heavy atom. The molecule has 1 amide bonds. The molecule has 4 heteroatoms. The average Bonchev–Trinajstić information content (AvgIpc) is 1.89. The van der Waals surface area contributed by atoms with Crippen molar-refractivity contribution in [2.45, 2.75) is 0 Å². The Balaban J connectivity index is 1.51. The van der Waals surface area contributed by atoms with E-state index in [2.05, 4.69) is 11.9 Å². The highest BCUT2D eigenvalue weighted by atomic mass is 16.5. The highest BCUT2D eigenvalue weighted by Crippen LogP contribution is 2.39.